The number of amides is 2. The molecule has 7 nitrogen and oxygen atoms in total. The second-order valence-corrected chi connectivity index (χ2v) is 17.3. The van der Waals surface area contributed by atoms with E-state index in [9.17, 15) is 19.2 Å². The highest BCUT2D eigenvalue weighted by Gasteiger charge is 2.41. The number of nitrogens with zero attached hydrogens (tertiary/aromatic N) is 3. The zero-order valence-corrected chi connectivity index (χ0v) is 25.7. The van der Waals surface area contributed by atoms with Gasteiger partial charge in [-0.05, 0) is 64.9 Å². The lowest BCUT2D eigenvalue weighted by Crippen LogP contribution is -2.52. The summed E-state index contributed by atoms with van der Waals surface area (Å²) in [7, 11) is -0.571. The third-order valence-corrected chi connectivity index (χ3v) is 11.3. The van der Waals surface area contributed by atoms with E-state index < -0.39 is 31.7 Å². The fourth-order valence-electron chi connectivity index (χ4n) is 3.47. The molecule has 0 spiro atoms. The first-order valence-electron chi connectivity index (χ1n) is 12.8. The van der Waals surface area contributed by atoms with Gasteiger partial charge in [-0.15, -0.1) is 0 Å². The highest BCUT2D eigenvalue weighted by Crippen LogP contribution is 2.38. The molecule has 0 bridgehead atoms. The van der Waals surface area contributed by atoms with Crippen LogP contribution in [0.5, 0.6) is 0 Å². The van der Waals surface area contributed by atoms with Crippen LogP contribution < -0.4 is 0 Å². The van der Waals surface area contributed by atoms with Crippen LogP contribution in [0, 0.1) is 23.1 Å². The van der Waals surface area contributed by atoms with Crippen LogP contribution >= 0.6 is 0 Å². The van der Waals surface area contributed by atoms with Crippen molar-refractivity contribution in [1.29, 1.82) is 5.26 Å². The number of halogens is 1. The second kappa shape index (κ2) is 12.4. The van der Waals surface area contributed by atoms with E-state index in [4.69, 9.17) is 9.16 Å². The van der Waals surface area contributed by atoms with E-state index in [0.717, 1.165) is 0 Å². The highest BCUT2D eigenvalue weighted by molar-refractivity contribution is 6.74. The second-order valence-electron chi connectivity index (χ2n) is 12.6. The Kier molecular flexibility index (Phi) is 10.9. The summed E-state index contributed by atoms with van der Waals surface area (Å²) in [5.41, 5.74) is -0.927. The molecule has 0 aliphatic heterocycles. The average molecular weight is 536 g/mol. The van der Waals surface area contributed by atoms with E-state index in [-0.39, 0.29) is 47.3 Å². The van der Waals surface area contributed by atoms with Crippen molar-refractivity contribution in [2.24, 2.45) is 5.92 Å². The van der Waals surface area contributed by atoms with Gasteiger partial charge in [-0.3, -0.25) is 4.79 Å². The molecule has 0 unspecified atom stereocenters. The van der Waals surface area contributed by atoms with Crippen LogP contribution in [0.1, 0.15) is 78.2 Å². The molecule has 0 fully saturated rings. The van der Waals surface area contributed by atoms with Gasteiger partial charge in [0.2, 0.25) is 0 Å². The molecule has 2 amide bonds. The molecule has 9 heteroatoms. The van der Waals surface area contributed by atoms with Gasteiger partial charge in [0, 0.05) is 32.1 Å². The number of likely N-dealkylation sites (N-methyl/N-ethyl adjacent to an activating group) is 1. The average Bonchev–Trinajstić information content (AvgIpc) is 2.74. The topological polar surface area (TPSA) is 82.9 Å². The molecular weight excluding hydrogens is 489 g/mol. The Balaban J connectivity index is 3.31. The number of hydrogen-bond acceptors (Lipinski definition) is 5. The van der Waals surface area contributed by atoms with Gasteiger partial charge in [0.15, 0.2) is 14.1 Å². The zero-order valence-electron chi connectivity index (χ0n) is 24.7. The molecule has 37 heavy (non-hydrogen) atoms. The number of carbonyl (C=O) groups is 2. The van der Waals surface area contributed by atoms with Crippen molar-refractivity contribution in [1.82, 2.24) is 9.80 Å². The predicted molar refractivity (Wildman–Crippen MR) is 147 cm³/mol. The smallest absolute Gasteiger partial charge is 0.410 e. The molecule has 0 aliphatic rings. The molecule has 1 rings (SSSR count). The first-order chi connectivity index (χ1) is 16.7. The Hall–Kier alpha value is -2.44. The molecule has 1 aromatic carbocycles. The van der Waals surface area contributed by atoms with E-state index in [2.05, 4.69) is 33.9 Å². The summed E-state index contributed by atoms with van der Waals surface area (Å²) in [4.78, 5) is 29.3. The third-order valence-electron chi connectivity index (χ3n) is 6.76. The van der Waals surface area contributed by atoms with E-state index in [1.165, 1.54) is 23.1 Å². The highest BCUT2D eigenvalue weighted by atomic mass is 28.4. The molecule has 0 saturated carbocycles. The molecule has 0 saturated heterocycles. The zero-order chi connectivity index (χ0) is 28.9. The van der Waals surface area contributed by atoms with Crippen molar-refractivity contribution in [3.63, 3.8) is 0 Å². The summed E-state index contributed by atoms with van der Waals surface area (Å²) >= 11 is 0. The minimum atomic E-state index is -2.25. The predicted octanol–water partition coefficient (Wildman–Crippen LogP) is 6.44. The van der Waals surface area contributed by atoms with Crippen molar-refractivity contribution in [2.45, 2.75) is 98.2 Å². The lowest BCUT2D eigenvalue weighted by Gasteiger charge is -2.43. The lowest BCUT2D eigenvalue weighted by molar-refractivity contribution is 0.0128. The van der Waals surface area contributed by atoms with Gasteiger partial charge < -0.3 is 19.0 Å². The molecule has 0 radical (unpaired) electrons. The number of hydrogen-bond donors (Lipinski definition) is 0. The van der Waals surface area contributed by atoms with Crippen molar-refractivity contribution < 1.29 is 23.1 Å². The lowest BCUT2D eigenvalue weighted by atomic mass is 10.0. The molecule has 0 N–H and O–H groups in total. The maximum atomic E-state index is 14.8. The van der Waals surface area contributed by atoms with E-state index >= 15 is 0 Å². The van der Waals surface area contributed by atoms with Crippen LogP contribution in [-0.4, -0.2) is 68.0 Å². The van der Waals surface area contributed by atoms with Crippen molar-refractivity contribution in [3.05, 3.63) is 35.1 Å². The van der Waals surface area contributed by atoms with Gasteiger partial charge in [-0.2, -0.15) is 5.26 Å². The quantitative estimate of drug-likeness (QED) is 0.340. The first kappa shape index (κ1) is 32.6. The number of benzene rings is 1. The monoisotopic (exact) mass is 535 g/mol. The van der Waals surface area contributed by atoms with Crippen LogP contribution in [0.25, 0.3) is 0 Å². The fraction of sp³-hybridized carbons (Fsp3) is 0.679. The minimum Gasteiger partial charge on any atom is -0.444 e. The molecule has 2 atom stereocenters. The third kappa shape index (κ3) is 9.11. The Labute approximate surface area is 224 Å². The van der Waals surface area contributed by atoms with Gasteiger partial charge >= 0.3 is 6.09 Å². The molecular formula is C28H46FN3O4Si. The van der Waals surface area contributed by atoms with E-state index in [1.807, 2.05) is 41.5 Å². The minimum absolute atomic E-state index is 0.0656. The van der Waals surface area contributed by atoms with Crippen LogP contribution in [0.4, 0.5) is 9.18 Å². The van der Waals surface area contributed by atoms with Crippen LogP contribution in [0.2, 0.25) is 18.1 Å². The summed E-state index contributed by atoms with van der Waals surface area (Å²) < 4.78 is 27.2. The number of rotatable bonds is 9. The van der Waals surface area contributed by atoms with Gasteiger partial charge in [-0.25, -0.2) is 9.18 Å². The maximum Gasteiger partial charge on any atom is 0.410 e. The van der Waals surface area contributed by atoms with Crippen molar-refractivity contribution in [2.75, 3.05) is 20.1 Å². The number of carbonyl (C=O) groups excluding carboxylic acids is 2. The van der Waals surface area contributed by atoms with E-state index in [0.29, 0.717) is 0 Å². The Bertz CT molecular complexity index is 993. The number of ether oxygens (including phenoxy) is 1. The summed E-state index contributed by atoms with van der Waals surface area (Å²) in [6, 6.07) is 5.83. The summed E-state index contributed by atoms with van der Waals surface area (Å²) in [5.74, 6) is -1.48. The number of nitriles is 1. The SMILES string of the molecule is CC(C)N(C[C@H](C)[C@@H](CN(C)C(=O)OC(C)(C)C)O[Si](C)(C)C(C)(C)C)C(=O)c1cccc(C#N)c1F. The molecule has 1 aromatic rings. The molecule has 0 aromatic heterocycles. The van der Waals surface area contributed by atoms with Gasteiger partial charge in [-0.1, -0.05) is 33.8 Å². The Morgan fingerprint density at radius 3 is 2.11 bits per heavy atom. The summed E-state index contributed by atoms with van der Waals surface area (Å²) in [5, 5.41) is 9.13. The molecule has 0 heterocycles. The van der Waals surface area contributed by atoms with Gasteiger partial charge in [0.1, 0.15) is 11.7 Å². The summed E-state index contributed by atoms with van der Waals surface area (Å²) in [6.07, 6.45) is -0.835. The van der Waals surface area contributed by atoms with E-state index in [1.54, 1.807) is 18.0 Å². The fourth-order valence-corrected chi connectivity index (χ4v) is 4.88. The van der Waals surface area contributed by atoms with Gasteiger partial charge in [0.05, 0.1) is 17.2 Å². The standard InChI is InChI=1S/C28H46FN3O4Si/c1-19(2)32(25(33)22-15-13-14-21(16-30)24(22)29)17-20(3)23(36-37(11,12)28(7,8)9)18-31(10)26(34)35-27(4,5)6/h13-15,19-20,23H,17-18H2,1-12H3/t20-,23+/m0/s1. The normalized spacial score (nSPS) is 14.1. The van der Waals surface area contributed by atoms with Crippen LogP contribution in [0.15, 0.2) is 18.2 Å². The largest absolute Gasteiger partial charge is 0.444 e. The van der Waals surface area contributed by atoms with Crippen LogP contribution in [0.3, 0.4) is 0 Å². The summed E-state index contributed by atoms with van der Waals surface area (Å²) in [6.45, 7) is 22.5. The maximum absolute atomic E-state index is 14.8. The van der Waals surface area contributed by atoms with Crippen LogP contribution in [-0.2, 0) is 9.16 Å². The Morgan fingerprint density at radius 2 is 1.65 bits per heavy atom. The van der Waals surface area contributed by atoms with Crippen molar-refractivity contribution in [3.8, 4) is 6.07 Å². The molecule has 0 aliphatic carbocycles. The van der Waals surface area contributed by atoms with Gasteiger partial charge in [0.25, 0.3) is 5.91 Å². The van der Waals surface area contributed by atoms with Crippen molar-refractivity contribution >= 4 is 20.3 Å². The Morgan fingerprint density at radius 1 is 1.08 bits per heavy atom. The molecule has 208 valence electrons. The first-order valence-corrected chi connectivity index (χ1v) is 15.7.